The molecule has 3 nitrogen and oxygen atoms in total. The van der Waals surface area contributed by atoms with Gasteiger partial charge in [-0.25, -0.2) is 0 Å². The number of rotatable bonds is 6. The molecule has 0 aromatic rings. The summed E-state index contributed by atoms with van der Waals surface area (Å²) >= 11 is 0. The molecule has 1 heterocycles. The van der Waals surface area contributed by atoms with Crippen molar-refractivity contribution in [3.8, 4) is 0 Å². The molecule has 0 saturated heterocycles. The molecule has 176 valence electrons. The van der Waals surface area contributed by atoms with Crippen LogP contribution in [0.25, 0.3) is 0 Å². The number of ether oxygens (including phenoxy) is 1. The summed E-state index contributed by atoms with van der Waals surface area (Å²) in [6.07, 6.45) is 13.7. The van der Waals surface area contributed by atoms with Gasteiger partial charge in [-0.2, -0.15) is 0 Å². The fourth-order valence-corrected chi connectivity index (χ4v) is 6.57. The van der Waals surface area contributed by atoms with E-state index >= 15 is 0 Å². The van der Waals surface area contributed by atoms with Crippen molar-refractivity contribution in [2.75, 3.05) is 6.54 Å². The Labute approximate surface area is 191 Å². The van der Waals surface area contributed by atoms with Gasteiger partial charge >= 0.3 is 0 Å². The largest absolute Gasteiger partial charge is 0.493 e. The molecule has 0 aromatic carbocycles. The molecule has 2 bridgehead atoms. The van der Waals surface area contributed by atoms with E-state index in [1.165, 1.54) is 31.3 Å². The second-order valence-corrected chi connectivity index (χ2v) is 11.5. The Balaban J connectivity index is 1.83. The maximum Gasteiger partial charge on any atom is 0.226 e. The van der Waals surface area contributed by atoms with Crippen molar-refractivity contribution in [1.82, 2.24) is 4.90 Å². The molecule has 0 spiro atoms. The van der Waals surface area contributed by atoms with Crippen LogP contribution in [0.5, 0.6) is 0 Å². The van der Waals surface area contributed by atoms with E-state index in [0.29, 0.717) is 5.41 Å². The first-order valence-corrected chi connectivity index (χ1v) is 12.9. The summed E-state index contributed by atoms with van der Waals surface area (Å²) in [5, 5.41) is 0. The van der Waals surface area contributed by atoms with Crippen LogP contribution in [0.1, 0.15) is 106 Å². The molecule has 2 fully saturated rings. The minimum absolute atomic E-state index is 0.0491. The molecule has 1 amide bonds. The predicted octanol–water partition coefficient (Wildman–Crippen LogP) is 7.28. The van der Waals surface area contributed by atoms with Gasteiger partial charge in [0, 0.05) is 17.9 Å². The van der Waals surface area contributed by atoms with Crippen molar-refractivity contribution in [3.63, 3.8) is 0 Å². The topological polar surface area (TPSA) is 29.5 Å². The summed E-state index contributed by atoms with van der Waals surface area (Å²) in [6, 6.07) is -0.0491. The summed E-state index contributed by atoms with van der Waals surface area (Å²) in [5.41, 5.74) is 1.87. The van der Waals surface area contributed by atoms with E-state index in [9.17, 15) is 4.79 Å². The molecule has 3 heteroatoms. The Morgan fingerprint density at radius 1 is 1.29 bits per heavy atom. The lowest BCUT2D eigenvalue weighted by molar-refractivity contribution is -0.138. The van der Waals surface area contributed by atoms with Crippen LogP contribution in [0.3, 0.4) is 0 Å². The highest BCUT2D eigenvalue weighted by Gasteiger charge is 2.62. The second kappa shape index (κ2) is 9.71. The number of allylic oxidation sites excluding steroid dienone is 1. The van der Waals surface area contributed by atoms with Gasteiger partial charge in [0.1, 0.15) is 11.9 Å². The van der Waals surface area contributed by atoms with E-state index in [2.05, 4.69) is 59.1 Å². The molecule has 0 aromatic heterocycles. The monoisotopic (exact) mass is 429 g/mol. The van der Waals surface area contributed by atoms with E-state index in [1.807, 2.05) is 0 Å². The minimum atomic E-state index is -0.0491. The van der Waals surface area contributed by atoms with E-state index in [-0.39, 0.29) is 29.4 Å². The van der Waals surface area contributed by atoms with Crippen LogP contribution in [0.4, 0.5) is 0 Å². The Morgan fingerprint density at radius 3 is 2.65 bits per heavy atom. The molecule has 3 rings (SSSR count). The SMILES string of the molecule is C=C(OC1CC2CCC1(C)C2(C)C)C1CC(C)=CCCCCCN1C(=O)C(C)CCC. The maximum atomic E-state index is 13.5. The summed E-state index contributed by atoms with van der Waals surface area (Å²) in [4.78, 5) is 15.6. The lowest BCUT2D eigenvalue weighted by Gasteiger charge is -2.41. The van der Waals surface area contributed by atoms with Crippen molar-refractivity contribution < 1.29 is 9.53 Å². The zero-order valence-corrected chi connectivity index (χ0v) is 21.1. The van der Waals surface area contributed by atoms with Gasteiger partial charge in [-0.15, -0.1) is 0 Å². The van der Waals surface area contributed by atoms with Crippen LogP contribution in [0, 0.1) is 22.7 Å². The van der Waals surface area contributed by atoms with Gasteiger partial charge in [0.05, 0.1) is 6.04 Å². The third-order valence-corrected chi connectivity index (χ3v) is 9.29. The second-order valence-electron chi connectivity index (χ2n) is 11.5. The molecule has 5 unspecified atom stereocenters. The smallest absolute Gasteiger partial charge is 0.226 e. The molecule has 1 aliphatic heterocycles. The molecule has 31 heavy (non-hydrogen) atoms. The van der Waals surface area contributed by atoms with Crippen LogP contribution in [0.2, 0.25) is 0 Å². The average molecular weight is 430 g/mol. The number of amides is 1. The lowest BCUT2D eigenvalue weighted by Crippen LogP contribution is -2.46. The van der Waals surface area contributed by atoms with Crippen LogP contribution >= 0.6 is 0 Å². The Kier molecular flexibility index (Phi) is 7.64. The molecule has 0 N–H and O–H groups in total. The number of fused-ring (bicyclic) bond motifs is 2. The Bertz CT molecular complexity index is 693. The van der Waals surface area contributed by atoms with E-state index < -0.39 is 0 Å². The van der Waals surface area contributed by atoms with Crippen molar-refractivity contribution in [3.05, 3.63) is 24.0 Å². The zero-order valence-electron chi connectivity index (χ0n) is 21.1. The maximum absolute atomic E-state index is 13.5. The van der Waals surface area contributed by atoms with E-state index in [0.717, 1.165) is 56.7 Å². The molecular formula is C28H47NO2. The standard InChI is InChI=1S/C28H47NO2/c1-8-13-21(3)26(30)29-17-12-10-9-11-14-20(2)18-24(29)22(4)31-25-19-23-15-16-28(25,7)27(23,5)6/h14,21,23-25H,4,8-13,15-19H2,1-3,5-7H3. The highest BCUT2D eigenvalue weighted by molar-refractivity contribution is 5.79. The minimum Gasteiger partial charge on any atom is -0.493 e. The van der Waals surface area contributed by atoms with E-state index in [1.54, 1.807) is 0 Å². The first-order chi connectivity index (χ1) is 14.6. The zero-order chi connectivity index (χ0) is 22.8. The molecule has 2 aliphatic carbocycles. The average Bonchev–Trinajstić information content (AvgIpc) is 3.05. The van der Waals surface area contributed by atoms with Gasteiger partial charge in [0.25, 0.3) is 0 Å². The molecule has 0 radical (unpaired) electrons. The van der Waals surface area contributed by atoms with Gasteiger partial charge < -0.3 is 9.64 Å². The normalized spacial score (nSPS) is 34.2. The summed E-state index contributed by atoms with van der Waals surface area (Å²) in [6.45, 7) is 19.0. The van der Waals surface area contributed by atoms with Gasteiger partial charge in [0.2, 0.25) is 5.91 Å². The van der Waals surface area contributed by atoms with Crippen LogP contribution in [0.15, 0.2) is 24.0 Å². The Morgan fingerprint density at radius 2 is 2.03 bits per heavy atom. The number of nitrogens with zero attached hydrogens (tertiary/aromatic N) is 1. The third kappa shape index (κ3) is 4.76. The van der Waals surface area contributed by atoms with Crippen LogP contribution in [-0.4, -0.2) is 29.5 Å². The fourth-order valence-electron chi connectivity index (χ4n) is 6.57. The molecule has 5 atom stereocenters. The van der Waals surface area contributed by atoms with Crippen LogP contribution < -0.4 is 0 Å². The third-order valence-electron chi connectivity index (χ3n) is 9.29. The Hall–Kier alpha value is -1.25. The highest BCUT2D eigenvalue weighted by Crippen LogP contribution is 2.66. The lowest BCUT2D eigenvalue weighted by atomic mass is 9.70. The van der Waals surface area contributed by atoms with Crippen molar-refractivity contribution in [1.29, 1.82) is 0 Å². The molecule has 2 saturated carbocycles. The number of carbonyl (C=O) groups excluding carboxylic acids is 1. The first-order valence-electron chi connectivity index (χ1n) is 12.9. The number of hydrogen-bond donors (Lipinski definition) is 0. The summed E-state index contributed by atoms with van der Waals surface area (Å²) < 4.78 is 6.74. The highest BCUT2D eigenvalue weighted by atomic mass is 16.5. The van der Waals surface area contributed by atoms with E-state index in [4.69, 9.17) is 4.74 Å². The molecular weight excluding hydrogens is 382 g/mol. The number of carbonyl (C=O) groups is 1. The van der Waals surface area contributed by atoms with Gasteiger partial charge in [-0.3, -0.25) is 4.79 Å². The van der Waals surface area contributed by atoms with Crippen LogP contribution in [-0.2, 0) is 9.53 Å². The number of hydrogen-bond acceptors (Lipinski definition) is 2. The van der Waals surface area contributed by atoms with Gasteiger partial charge in [-0.05, 0) is 69.6 Å². The van der Waals surface area contributed by atoms with Gasteiger partial charge in [0.15, 0.2) is 0 Å². The quantitative estimate of drug-likeness (QED) is 0.328. The predicted molar refractivity (Wildman–Crippen MR) is 130 cm³/mol. The van der Waals surface area contributed by atoms with Crippen molar-refractivity contribution >= 4 is 5.91 Å². The molecule has 3 aliphatic rings. The van der Waals surface area contributed by atoms with Crippen molar-refractivity contribution in [2.24, 2.45) is 22.7 Å². The van der Waals surface area contributed by atoms with Crippen molar-refractivity contribution in [2.45, 2.75) is 118 Å². The fraction of sp³-hybridized carbons (Fsp3) is 0.821. The first kappa shape index (κ1) is 24.4. The van der Waals surface area contributed by atoms with Gasteiger partial charge in [-0.1, -0.05) is 65.7 Å². The summed E-state index contributed by atoms with van der Waals surface area (Å²) in [7, 11) is 0. The summed E-state index contributed by atoms with van der Waals surface area (Å²) in [5.74, 6) is 1.90.